The van der Waals surface area contributed by atoms with Crippen LogP contribution in [0.5, 0.6) is 0 Å². The van der Waals surface area contributed by atoms with Gasteiger partial charge in [0.1, 0.15) is 12.8 Å². The van der Waals surface area contributed by atoms with Crippen molar-refractivity contribution in [2.45, 2.75) is 26.3 Å². The van der Waals surface area contributed by atoms with Crippen molar-refractivity contribution in [2.75, 3.05) is 13.3 Å². The monoisotopic (exact) mass is 186 g/mol. The number of aliphatic hydroxyl groups is 1. The van der Waals surface area contributed by atoms with Gasteiger partial charge in [0.25, 0.3) is 5.91 Å². The van der Waals surface area contributed by atoms with E-state index < -0.39 is 12.8 Å². The maximum Gasteiger partial charge on any atom is 0.329 e. The molecule has 74 valence electrons. The van der Waals surface area contributed by atoms with E-state index in [9.17, 15) is 9.59 Å². The molecule has 1 aliphatic heterocycles. The number of aliphatic hydroxyl groups excluding tert-OH is 1. The van der Waals surface area contributed by atoms with Crippen LogP contribution in [-0.4, -0.2) is 46.2 Å². The van der Waals surface area contributed by atoms with Crippen LogP contribution in [0, 0.1) is 0 Å². The second kappa shape index (κ2) is 3.74. The first-order valence-corrected chi connectivity index (χ1v) is 4.36. The highest BCUT2D eigenvalue weighted by Gasteiger charge is 2.41. The lowest BCUT2D eigenvalue weighted by molar-refractivity contribution is -0.130. The summed E-state index contributed by atoms with van der Waals surface area (Å²) in [5.41, 5.74) is 0. The molecular formula is C8H14N2O3. The van der Waals surface area contributed by atoms with E-state index in [-0.39, 0.29) is 11.9 Å². The van der Waals surface area contributed by atoms with Gasteiger partial charge < -0.3 is 10.0 Å². The summed E-state index contributed by atoms with van der Waals surface area (Å²) in [4.78, 5) is 25.1. The fraction of sp³-hybridized carbons (Fsp3) is 0.750. The zero-order valence-corrected chi connectivity index (χ0v) is 7.86. The summed E-state index contributed by atoms with van der Waals surface area (Å²) in [6.07, 6.45) is 0.808. The molecule has 0 saturated carbocycles. The third kappa shape index (κ3) is 1.51. The molecule has 1 N–H and O–H groups in total. The summed E-state index contributed by atoms with van der Waals surface area (Å²) >= 11 is 0. The Hall–Kier alpha value is -1.10. The van der Waals surface area contributed by atoms with E-state index in [1.807, 2.05) is 6.92 Å². The molecule has 0 aliphatic carbocycles. The minimum absolute atomic E-state index is 0.319. The van der Waals surface area contributed by atoms with Crippen molar-refractivity contribution in [2.24, 2.45) is 0 Å². The molecule has 0 aromatic heterocycles. The predicted molar refractivity (Wildman–Crippen MR) is 45.8 cm³/mol. The van der Waals surface area contributed by atoms with E-state index >= 15 is 0 Å². The lowest BCUT2D eigenvalue weighted by Gasteiger charge is -2.17. The first-order chi connectivity index (χ1) is 6.13. The van der Waals surface area contributed by atoms with Crippen molar-refractivity contribution in [3.63, 3.8) is 0 Å². The van der Waals surface area contributed by atoms with Crippen molar-refractivity contribution in [1.82, 2.24) is 9.80 Å². The standard InChI is InChI=1S/C8H14N2O3/c1-3-4-9-6(2)7(12)10(5-11)8(9)13/h6,11H,3-5H2,1-2H3. The SMILES string of the molecule is CCCN1C(=O)N(CO)C(=O)C1C. The molecule has 1 fully saturated rings. The van der Waals surface area contributed by atoms with Crippen molar-refractivity contribution in [3.8, 4) is 0 Å². The number of imide groups is 1. The third-order valence-electron chi connectivity index (χ3n) is 2.17. The average Bonchev–Trinajstić information content (AvgIpc) is 2.31. The second-order valence-electron chi connectivity index (χ2n) is 3.06. The maximum atomic E-state index is 11.4. The molecule has 1 aliphatic rings. The topological polar surface area (TPSA) is 60.9 Å². The Labute approximate surface area is 76.9 Å². The molecule has 0 spiro atoms. The fourth-order valence-electron chi connectivity index (χ4n) is 1.43. The van der Waals surface area contributed by atoms with E-state index in [0.29, 0.717) is 6.54 Å². The van der Waals surface area contributed by atoms with Crippen LogP contribution in [0.1, 0.15) is 20.3 Å². The number of nitrogens with zero attached hydrogens (tertiary/aromatic N) is 2. The zero-order valence-electron chi connectivity index (χ0n) is 7.86. The Kier molecular flexibility index (Phi) is 2.87. The first kappa shape index (κ1) is 9.98. The Bertz CT molecular complexity index is 229. The van der Waals surface area contributed by atoms with Gasteiger partial charge in [-0.3, -0.25) is 4.79 Å². The highest BCUT2D eigenvalue weighted by atomic mass is 16.3. The normalized spacial score (nSPS) is 23.2. The van der Waals surface area contributed by atoms with Gasteiger partial charge in [-0.05, 0) is 13.3 Å². The van der Waals surface area contributed by atoms with Crippen LogP contribution in [0.25, 0.3) is 0 Å². The summed E-state index contributed by atoms with van der Waals surface area (Å²) in [5.74, 6) is -0.319. The Balaban J connectivity index is 2.78. The van der Waals surface area contributed by atoms with Gasteiger partial charge >= 0.3 is 6.03 Å². The smallest absolute Gasteiger partial charge is 0.329 e. The van der Waals surface area contributed by atoms with Crippen LogP contribution < -0.4 is 0 Å². The molecule has 0 radical (unpaired) electrons. The molecule has 1 heterocycles. The third-order valence-corrected chi connectivity index (χ3v) is 2.17. The average molecular weight is 186 g/mol. The zero-order chi connectivity index (χ0) is 10.0. The van der Waals surface area contributed by atoms with Crippen LogP contribution in [0.15, 0.2) is 0 Å². The van der Waals surface area contributed by atoms with Crippen LogP contribution >= 0.6 is 0 Å². The van der Waals surface area contributed by atoms with E-state index in [0.717, 1.165) is 11.3 Å². The number of urea groups is 1. The Morgan fingerprint density at radius 1 is 1.46 bits per heavy atom. The summed E-state index contributed by atoms with van der Waals surface area (Å²) < 4.78 is 0. The number of rotatable bonds is 3. The number of hydrogen-bond acceptors (Lipinski definition) is 3. The molecule has 1 saturated heterocycles. The summed E-state index contributed by atoms with van der Waals surface area (Å²) in [6, 6.07) is -0.818. The lowest BCUT2D eigenvalue weighted by Crippen LogP contribution is -2.34. The fourth-order valence-corrected chi connectivity index (χ4v) is 1.43. The van der Waals surface area contributed by atoms with Crippen molar-refractivity contribution in [3.05, 3.63) is 0 Å². The molecule has 13 heavy (non-hydrogen) atoms. The number of carbonyl (C=O) groups excluding carboxylic acids is 2. The molecule has 5 heteroatoms. The van der Waals surface area contributed by atoms with Crippen LogP contribution in [0.3, 0.4) is 0 Å². The van der Waals surface area contributed by atoms with Gasteiger partial charge in [-0.2, -0.15) is 0 Å². The van der Waals surface area contributed by atoms with Crippen LogP contribution in [0.4, 0.5) is 4.79 Å². The second-order valence-corrected chi connectivity index (χ2v) is 3.06. The number of hydrogen-bond donors (Lipinski definition) is 1. The van der Waals surface area contributed by atoms with E-state index in [1.54, 1.807) is 6.92 Å². The van der Waals surface area contributed by atoms with Crippen LogP contribution in [0.2, 0.25) is 0 Å². The summed E-state index contributed by atoms with van der Waals surface area (Å²) in [6.45, 7) is 3.64. The van der Waals surface area contributed by atoms with Gasteiger partial charge in [-0.15, -0.1) is 0 Å². The number of amides is 3. The number of carbonyl (C=O) groups is 2. The van der Waals surface area contributed by atoms with Gasteiger partial charge in [0, 0.05) is 6.54 Å². The predicted octanol–water partition coefficient (Wildman–Crippen LogP) is -0.00110. The summed E-state index contributed by atoms with van der Waals surface area (Å²) in [5, 5.41) is 8.77. The minimum Gasteiger partial charge on any atom is -0.376 e. The minimum atomic E-state index is -0.526. The lowest BCUT2D eigenvalue weighted by atomic mass is 10.3. The maximum absolute atomic E-state index is 11.4. The highest BCUT2D eigenvalue weighted by Crippen LogP contribution is 2.16. The first-order valence-electron chi connectivity index (χ1n) is 4.36. The molecular weight excluding hydrogens is 172 g/mol. The molecule has 0 aromatic carbocycles. The Morgan fingerprint density at radius 2 is 2.08 bits per heavy atom. The quantitative estimate of drug-likeness (QED) is 0.631. The van der Waals surface area contributed by atoms with E-state index in [4.69, 9.17) is 5.11 Å². The molecule has 0 bridgehead atoms. The van der Waals surface area contributed by atoms with Gasteiger partial charge in [0.2, 0.25) is 0 Å². The van der Waals surface area contributed by atoms with Crippen molar-refractivity contribution < 1.29 is 14.7 Å². The largest absolute Gasteiger partial charge is 0.376 e. The van der Waals surface area contributed by atoms with Crippen molar-refractivity contribution in [1.29, 1.82) is 0 Å². The Morgan fingerprint density at radius 3 is 2.46 bits per heavy atom. The summed E-state index contributed by atoms with van der Waals surface area (Å²) in [7, 11) is 0. The molecule has 1 atom stereocenters. The van der Waals surface area contributed by atoms with Gasteiger partial charge in [-0.1, -0.05) is 6.92 Å². The van der Waals surface area contributed by atoms with Gasteiger partial charge in [0.05, 0.1) is 0 Å². The van der Waals surface area contributed by atoms with E-state index in [2.05, 4.69) is 0 Å². The molecule has 5 nitrogen and oxygen atoms in total. The molecule has 3 amide bonds. The molecule has 0 aromatic rings. The molecule has 1 rings (SSSR count). The van der Waals surface area contributed by atoms with E-state index in [1.165, 1.54) is 4.90 Å². The van der Waals surface area contributed by atoms with Crippen LogP contribution in [-0.2, 0) is 4.79 Å². The highest BCUT2D eigenvalue weighted by molar-refractivity contribution is 6.03. The molecule has 1 unspecified atom stereocenters. The van der Waals surface area contributed by atoms with Gasteiger partial charge in [0.15, 0.2) is 0 Å². The van der Waals surface area contributed by atoms with Gasteiger partial charge in [-0.25, -0.2) is 9.69 Å². The van der Waals surface area contributed by atoms with Crippen molar-refractivity contribution >= 4 is 11.9 Å².